The summed E-state index contributed by atoms with van der Waals surface area (Å²) in [7, 11) is 0. The fraction of sp³-hybridized carbons (Fsp3) is 0.677. The van der Waals surface area contributed by atoms with Gasteiger partial charge in [-0.1, -0.05) is 45.0 Å². The summed E-state index contributed by atoms with van der Waals surface area (Å²) >= 11 is -0.616. The summed E-state index contributed by atoms with van der Waals surface area (Å²) in [5.41, 5.74) is 0.841. The summed E-state index contributed by atoms with van der Waals surface area (Å²) in [6.07, 6.45) is 2.68. The first kappa shape index (κ1) is 30.4. The Labute approximate surface area is 226 Å². The molecule has 0 spiro atoms. The normalized spacial score (nSPS) is 16.4. The number of benzene rings is 1. The summed E-state index contributed by atoms with van der Waals surface area (Å²) in [6.45, 7) is 23.0. The van der Waals surface area contributed by atoms with Gasteiger partial charge in [-0.25, -0.2) is 0 Å². The van der Waals surface area contributed by atoms with Crippen LogP contribution in [-0.4, -0.2) is 46.3 Å². The SMILES string of the molecule is CC(C)(CC(C)(C)c1ccc(C(C)(C)C)cc1)C(=O)CC(O)C(C)(C)CC(C)(C)C(=O)[C]1=C[CH2][Po]1. The average Bonchev–Trinajstić information content (AvgIpc) is 2.64. The minimum atomic E-state index is -0.786. The van der Waals surface area contributed by atoms with Crippen molar-refractivity contribution in [3.63, 3.8) is 0 Å². The maximum atomic E-state index is 13.5. The average molecular weight is 678 g/mol. The van der Waals surface area contributed by atoms with Crippen molar-refractivity contribution in [1.82, 2.24) is 0 Å². The number of carbonyl (C=O) groups excluding carboxylic acids is 2. The van der Waals surface area contributed by atoms with Crippen LogP contribution in [0.25, 0.3) is 0 Å². The van der Waals surface area contributed by atoms with Gasteiger partial charge in [-0.3, -0.25) is 0 Å². The van der Waals surface area contributed by atoms with Gasteiger partial charge in [0, 0.05) is 0 Å². The summed E-state index contributed by atoms with van der Waals surface area (Å²) in [6, 6.07) is 8.78. The number of aliphatic hydroxyl groups excluding tert-OH is 1. The predicted octanol–water partition coefficient (Wildman–Crippen LogP) is 7.03. The monoisotopic (exact) mass is 677 g/mol. The van der Waals surface area contributed by atoms with Crippen molar-refractivity contribution in [3.8, 4) is 0 Å². The third kappa shape index (κ3) is 7.58. The molecule has 0 saturated carbocycles. The number of aliphatic hydroxyl groups is 1. The Morgan fingerprint density at radius 3 is 1.74 bits per heavy atom. The van der Waals surface area contributed by atoms with Gasteiger partial charge in [0.15, 0.2) is 0 Å². The van der Waals surface area contributed by atoms with Crippen molar-refractivity contribution < 1.29 is 14.7 Å². The summed E-state index contributed by atoms with van der Waals surface area (Å²) in [5, 5.41) is 11.2. The molecule has 35 heavy (non-hydrogen) atoms. The zero-order valence-corrected chi connectivity index (χ0v) is 27.1. The molecule has 0 bridgehead atoms. The number of hydrogen-bond donors (Lipinski definition) is 1. The van der Waals surface area contributed by atoms with E-state index in [0.29, 0.717) is 12.8 Å². The van der Waals surface area contributed by atoms with Gasteiger partial charge in [-0.2, -0.15) is 0 Å². The molecule has 4 heteroatoms. The molecule has 0 amide bonds. The fourth-order valence-corrected chi connectivity index (χ4v) is 8.33. The first-order chi connectivity index (χ1) is 15.7. The number of Topliss-reactive ketones (excluding diaryl/α,β-unsaturated/α-hetero) is 2. The number of ketones is 2. The van der Waals surface area contributed by atoms with Gasteiger partial charge >= 0.3 is 171 Å². The number of rotatable bonds is 11. The summed E-state index contributed by atoms with van der Waals surface area (Å²) in [5.74, 6) is 0.331. The Balaban J connectivity index is 2.08. The maximum absolute atomic E-state index is 13.5. The molecule has 1 aliphatic rings. The van der Waals surface area contributed by atoms with E-state index in [1.807, 2.05) is 41.5 Å². The first-order valence-electron chi connectivity index (χ1n) is 12.9. The van der Waals surface area contributed by atoms with Crippen molar-refractivity contribution in [1.29, 1.82) is 0 Å². The van der Waals surface area contributed by atoms with Crippen LogP contribution in [0.2, 0.25) is 4.08 Å². The third-order valence-corrected chi connectivity index (χ3v) is 11.6. The molecule has 0 radical (unpaired) electrons. The second-order valence-electron chi connectivity index (χ2n) is 14.2. The van der Waals surface area contributed by atoms with Crippen molar-refractivity contribution >= 4 is 35.1 Å². The van der Waals surface area contributed by atoms with Crippen LogP contribution in [0, 0.1) is 16.2 Å². The Kier molecular flexibility index (Phi) is 9.11. The molecular formula is C31H48O3Po. The quantitative estimate of drug-likeness (QED) is 0.274. The standard InChI is InChI=1S/C31H48O3.Po/c1-13-14-24(32)29(7,8)21-31(11,12)26(34)19-25(33)30(9,10)20-28(5,6)23-17-15-22(16-18-23)27(2,3)4;/h13,15-18,26,34H,1,19-21H2,2-12H3;. The number of carbonyl (C=O) groups is 2. The van der Waals surface area contributed by atoms with Gasteiger partial charge in [-0.15, -0.1) is 0 Å². The number of hydrogen-bond acceptors (Lipinski definition) is 3. The molecule has 3 nitrogen and oxygen atoms in total. The van der Waals surface area contributed by atoms with E-state index in [1.54, 1.807) is 0 Å². The topological polar surface area (TPSA) is 54.4 Å². The Bertz CT molecular complexity index is 956. The Morgan fingerprint density at radius 1 is 0.829 bits per heavy atom. The molecule has 0 aromatic heterocycles. The Morgan fingerprint density at radius 2 is 1.31 bits per heavy atom. The second kappa shape index (κ2) is 10.5. The predicted molar refractivity (Wildman–Crippen MR) is 148 cm³/mol. The van der Waals surface area contributed by atoms with Gasteiger partial charge in [0.25, 0.3) is 0 Å². The van der Waals surface area contributed by atoms with E-state index in [9.17, 15) is 14.7 Å². The molecule has 1 aromatic rings. The van der Waals surface area contributed by atoms with Crippen molar-refractivity contribution in [2.75, 3.05) is 0 Å². The van der Waals surface area contributed by atoms with Crippen LogP contribution < -0.4 is 0 Å². The molecule has 0 fully saturated rings. The Hall–Kier alpha value is -0.844. The molecule has 1 heterocycles. The molecule has 0 aliphatic carbocycles. The van der Waals surface area contributed by atoms with Crippen molar-refractivity contribution in [2.24, 2.45) is 16.2 Å². The van der Waals surface area contributed by atoms with Gasteiger partial charge < -0.3 is 0 Å². The van der Waals surface area contributed by atoms with Gasteiger partial charge in [0.05, 0.1) is 0 Å². The molecule has 1 N–H and O–H groups in total. The first-order valence-corrected chi connectivity index (χ1v) is 16.7. The molecule has 1 aromatic carbocycles. The molecule has 196 valence electrons. The van der Waals surface area contributed by atoms with Crippen LogP contribution in [0.15, 0.2) is 33.6 Å². The van der Waals surface area contributed by atoms with Crippen LogP contribution in [0.3, 0.4) is 0 Å². The zero-order chi connectivity index (χ0) is 27.0. The van der Waals surface area contributed by atoms with E-state index < -0.39 is 45.9 Å². The molecule has 0 saturated heterocycles. The van der Waals surface area contributed by atoms with Crippen LogP contribution in [0.4, 0.5) is 0 Å². The molecule has 2 rings (SSSR count). The van der Waals surface area contributed by atoms with E-state index >= 15 is 0 Å². The fourth-order valence-electron chi connectivity index (χ4n) is 5.45. The summed E-state index contributed by atoms with van der Waals surface area (Å²) < 4.78 is 2.22. The van der Waals surface area contributed by atoms with Gasteiger partial charge in [0.2, 0.25) is 0 Å². The van der Waals surface area contributed by atoms with Gasteiger partial charge in [0.1, 0.15) is 0 Å². The molecular weight excluding hydrogens is 629 g/mol. The van der Waals surface area contributed by atoms with Crippen LogP contribution >= 0.6 is 0 Å². The number of allylic oxidation sites excluding steroid dienone is 2. The molecule has 1 aliphatic heterocycles. The van der Waals surface area contributed by atoms with Crippen LogP contribution in [-0.2, 0) is 20.4 Å². The molecule has 1 atom stereocenters. The second-order valence-corrected chi connectivity index (χ2v) is 18.3. The van der Waals surface area contributed by atoms with Crippen molar-refractivity contribution in [3.05, 3.63) is 44.7 Å². The van der Waals surface area contributed by atoms with Crippen LogP contribution in [0.1, 0.15) is 107 Å². The van der Waals surface area contributed by atoms with E-state index in [0.717, 1.165) is 7.31 Å². The summed E-state index contributed by atoms with van der Waals surface area (Å²) in [4.78, 5) is 26.4. The van der Waals surface area contributed by atoms with E-state index in [1.165, 1.54) is 11.1 Å². The minimum absolute atomic E-state index is 0.0807. The third-order valence-electron chi connectivity index (χ3n) is 7.70. The van der Waals surface area contributed by atoms with E-state index in [-0.39, 0.29) is 28.8 Å². The van der Waals surface area contributed by atoms with E-state index in [2.05, 4.69) is 65.0 Å². The van der Waals surface area contributed by atoms with E-state index in [4.69, 9.17) is 0 Å². The zero-order valence-electron chi connectivity index (χ0n) is 24.0. The van der Waals surface area contributed by atoms with Crippen molar-refractivity contribution in [2.45, 2.75) is 116 Å². The molecule has 1 unspecified atom stereocenters. The van der Waals surface area contributed by atoms with Gasteiger partial charge in [-0.05, 0) is 11.0 Å². The van der Waals surface area contributed by atoms with Crippen LogP contribution in [0.5, 0.6) is 0 Å².